The van der Waals surface area contributed by atoms with E-state index in [0.29, 0.717) is 25.2 Å². The second-order valence-corrected chi connectivity index (χ2v) is 5.70. The number of anilines is 1. The monoisotopic (exact) mass is 301 g/mol. The van der Waals surface area contributed by atoms with Gasteiger partial charge >= 0.3 is 6.03 Å². The number of nitrogens with zero attached hydrogens (tertiary/aromatic N) is 4. The van der Waals surface area contributed by atoms with Gasteiger partial charge in [-0.3, -0.25) is 4.79 Å². The van der Waals surface area contributed by atoms with Gasteiger partial charge in [-0.05, 0) is 12.5 Å². The Kier molecular flexibility index (Phi) is 3.70. The van der Waals surface area contributed by atoms with Crippen molar-refractivity contribution in [2.24, 2.45) is 5.92 Å². The minimum atomic E-state index is -0.176. The first-order valence-electron chi connectivity index (χ1n) is 7.24. The van der Waals surface area contributed by atoms with E-state index in [1.165, 1.54) is 0 Å². The van der Waals surface area contributed by atoms with Crippen LogP contribution in [0.1, 0.15) is 6.42 Å². The van der Waals surface area contributed by atoms with Crippen LogP contribution in [0, 0.1) is 5.92 Å². The molecule has 1 aliphatic rings. The van der Waals surface area contributed by atoms with E-state index in [0.717, 1.165) is 5.65 Å². The van der Waals surface area contributed by atoms with Crippen LogP contribution in [-0.4, -0.2) is 58.3 Å². The Balaban J connectivity index is 1.64. The molecule has 3 amide bonds. The van der Waals surface area contributed by atoms with Gasteiger partial charge in [0, 0.05) is 57.5 Å². The fraction of sp³-hybridized carbons (Fsp3) is 0.400. The molecule has 3 rings (SSSR count). The second-order valence-electron chi connectivity index (χ2n) is 5.70. The van der Waals surface area contributed by atoms with Crippen LogP contribution in [0.2, 0.25) is 0 Å². The first-order chi connectivity index (χ1) is 10.5. The summed E-state index contributed by atoms with van der Waals surface area (Å²) >= 11 is 0. The molecule has 1 saturated heterocycles. The maximum atomic E-state index is 12.3. The minimum absolute atomic E-state index is 0.0779. The van der Waals surface area contributed by atoms with E-state index in [4.69, 9.17) is 0 Å². The van der Waals surface area contributed by atoms with Crippen molar-refractivity contribution in [3.63, 3.8) is 0 Å². The molecule has 1 fully saturated rings. The van der Waals surface area contributed by atoms with Gasteiger partial charge in [0.1, 0.15) is 5.65 Å². The van der Waals surface area contributed by atoms with E-state index in [9.17, 15) is 9.59 Å². The molecule has 1 N–H and O–H groups in total. The molecular weight excluding hydrogens is 282 g/mol. The number of urea groups is 1. The van der Waals surface area contributed by atoms with Crippen molar-refractivity contribution in [1.82, 2.24) is 19.2 Å². The smallest absolute Gasteiger partial charge is 0.321 e. The summed E-state index contributed by atoms with van der Waals surface area (Å²) in [7, 11) is 3.48. The normalized spacial score (nSPS) is 17.7. The third-order valence-electron chi connectivity index (χ3n) is 3.91. The number of hydrogen-bond donors (Lipinski definition) is 1. The number of amides is 3. The van der Waals surface area contributed by atoms with Crippen LogP contribution in [0.4, 0.5) is 10.5 Å². The number of hydrogen-bond acceptors (Lipinski definition) is 3. The Labute approximate surface area is 128 Å². The molecular formula is C15H19N5O2. The highest BCUT2D eigenvalue weighted by Crippen LogP contribution is 2.19. The molecule has 116 valence electrons. The van der Waals surface area contributed by atoms with E-state index in [1.807, 2.05) is 28.9 Å². The Morgan fingerprint density at radius 1 is 1.36 bits per heavy atom. The Hall–Kier alpha value is -2.57. The molecule has 0 aliphatic carbocycles. The largest absolute Gasteiger partial charge is 0.349 e. The number of nitrogens with one attached hydrogen (secondary N) is 1. The van der Waals surface area contributed by atoms with Crippen molar-refractivity contribution in [3.8, 4) is 0 Å². The number of imidazole rings is 1. The van der Waals surface area contributed by atoms with Gasteiger partial charge in [0.15, 0.2) is 0 Å². The van der Waals surface area contributed by atoms with E-state index in [2.05, 4.69) is 10.3 Å². The van der Waals surface area contributed by atoms with Crippen LogP contribution in [0.25, 0.3) is 5.65 Å². The van der Waals surface area contributed by atoms with Crippen LogP contribution in [0.3, 0.4) is 0 Å². The predicted molar refractivity (Wildman–Crippen MR) is 82.6 cm³/mol. The van der Waals surface area contributed by atoms with Gasteiger partial charge in [0.05, 0.1) is 5.92 Å². The van der Waals surface area contributed by atoms with Gasteiger partial charge in [0.2, 0.25) is 5.91 Å². The molecule has 7 nitrogen and oxygen atoms in total. The third-order valence-corrected chi connectivity index (χ3v) is 3.91. The van der Waals surface area contributed by atoms with Crippen LogP contribution >= 0.6 is 0 Å². The van der Waals surface area contributed by atoms with Crippen molar-refractivity contribution < 1.29 is 9.59 Å². The van der Waals surface area contributed by atoms with Gasteiger partial charge in [-0.2, -0.15) is 0 Å². The van der Waals surface area contributed by atoms with E-state index in [1.54, 1.807) is 30.1 Å². The standard InChI is InChI=1S/C15H19N5O2/c1-18(2)14(21)11-3-6-20(10-11)15(22)17-12-4-7-19-8-5-16-13(19)9-12/h4-5,7-9,11H,3,6,10H2,1-2H3,(H,17,22). The summed E-state index contributed by atoms with van der Waals surface area (Å²) in [6.45, 7) is 1.07. The third kappa shape index (κ3) is 2.74. The number of likely N-dealkylation sites (tertiary alicyclic amines) is 1. The van der Waals surface area contributed by atoms with Crippen LogP contribution in [0.5, 0.6) is 0 Å². The fourth-order valence-electron chi connectivity index (χ4n) is 2.70. The second kappa shape index (κ2) is 5.67. The van der Waals surface area contributed by atoms with Crippen LogP contribution in [-0.2, 0) is 4.79 Å². The Morgan fingerprint density at radius 3 is 2.95 bits per heavy atom. The Morgan fingerprint density at radius 2 is 2.18 bits per heavy atom. The highest BCUT2D eigenvalue weighted by Gasteiger charge is 2.31. The first-order valence-corrected chi connectivity index (χ1v) is 7.24. The molecule has 1 unspecified atom stereocenters. The number of carbonyl (C=O) groups excluding carboxylic acids is 2. The number of carbonyl (C=O) groups is 2. The molecule has 2 aromatic heterocycles. The van der Waals surface area contributed by atoms with Crippen LogP contribution in [0.15, 0.2) is 30.7 Å². The van der Waals surface area contributed by atoms with Crippen molar-refractivity contribution in [3.05, 3.63) is 30.7 Å². The van der Waals surface area contributed by atoms with Gasteiger partial charge in [-0.1, -0.05) is 0 Å². The van der Waals surface area contributed by atoms with Gasteiger partial charge in [0.25, 0.3) is 0 Å². The molecule has 0 aromatic carbocycles. The lowest BCUT2D eigenvalue weighted by atomic mass is 10.1. The molecule has 0 saturated carbocycles. The van der Waals surface area contributed by atoms with E-state index >= 15 is 0 Å². The molecule has 2 aromatic rings. The summed E-state index contributed by atoms with van der Waals surface area (Å²) in [5, 5.41) is 2.86. The van der Waals surface area contributed by atoms with Gasteiger partial charge < -0.3 is 19.5 Å². The van der Waals surface area contributed by atoms with Gasteiger partial charge in [-0.15, -0.1) is 0 Å². The van der Waals surface area contributed by atoms with E-state index < -0.39 is 0 Å². The molecule has 0 spiro atoms. The highest BCUT2D eigenvalue weighted by atomic mass is 16.2. The summed E-state index contributed by atoms with van der Waals surface area (Å²) in [6.07, 6.45) is 6.11. The van der Waals surface area contributed by atoms with Crippen molar-refractivity contribution in [2.45, 2.75) is 6.42 Å². The SMILES string of the molecule is CN(C)C(=O)C1CCN(C(=O)Nc2ccn3ccnc3c2)C1. The summed E-state index contributed by atoms with van der Waals surface area (Å²) in [4.78, 5) is 31.7. The maximum Gasteiger partial charge on any atom is 0.321 e. The average Bonchev–Trinajstić information content (AvgIpc) is 3.14. The summed E-state index contributed by atoms with van der Waals surface area (Å²) in [5.74, 6) is -0.0235. The molecule has 7 heteroatoms. The van der Waals surface area contributed by atoms with Crippen LogP contribution < -0.4 is 5.32 Å². The average molecular weight is 301 g/mol. The number of rotatable bonds is 2. The highest BCUT2D eigenvalue weighted by molar-refractivity contribution is 5.90. The van der Waals surface area contributed by atoms with Crippen molar-refractivity contribution in [2.75, 3.05) is 32.5 Å². The molecule has 1 atom stereocenters. The zero-order chi connectivity index (χ0) is 15.7. The van der Waals surface area contributed by atoms with Crippen molar-refractivity contribution in [1.29, 1.82) is 0 Å². The number of fused-ring (bicyclic) bond motifs is 1. The summed E-state index contributed by atoms with van der Waals surface area (Å²) in [6, 6.07) is 3.46. The minimum Gasteiger partial charge on any atom is -0.349 e. The first kappa shape index (κ1) is 14.4. The predicted octanol–water partition coefficient (Wildman–Crippen LogP) is 1.28. The van der Waals surface area contributed by atoms with E-state index in [-0.39, 0.29) is 17.9 Å². The molecule has 0 radical (unpaired) electrons. The summed E-state index contributed by atoms with van der Waals surface area (Å²) < 4.78 is 1.87. The molecule has 3 heterocycles. The fourth-order valence-corrected chi connectivity index (χ4v) is 2.70. The van der Waals surface area contributed by atoms with Crippen molar-refractivity contribution >= 4 is 23.3 Å². The molecule has 0 bridgehead atoms. The zero-order valence-corrected chi connectivity index (χ0v) is 12.7. The van der Waals surface area contributed by atoms with Gasteiger partial charge in [-0.25, -0.2) is 9.78 Å². The maximum absolute atomic E-state index is 12.3. The Bertz CT molecular complexity index is 709. The lowest BCUT2D eigenvalue weighted by molar-refractivity contribution is -0.132. The molecule has 1 aliphatic heterocycles. The summed E-state index contributed by atoms with van der Waals surface area (Å²) in [5.41, 5.74) is 1.48. The number of pyridine rings is 1. The number of aromatic nitrogens is 2. The zero-order valence-electron chi connectivity index (χ0n) is 12.7. The topological polar surface area (TPSA) is 70.0 Å². The lowest BCUT2D eigenvalue weighted by Crippen LogP contribution is -2.36. The lowest BCUT2D eigenvalue weighted by Gasteiger charge is -2.19. The molecule has 22 heavy (non-hydrogen) atoms. The quantitative estimate of drug-likeness (QED) is 0.908.